The smallest absolute Gasteiger partial charge is 0.339 e. The van der Waals surface area contributed by atoms with Crippen molar-refractivity contribution < 1.29 is 13.2 Å². The van der Waals surface area contributed by atoms with E-state index >= 15 is 0 Å². The Labute approximate surface area is 192 Å². The largest absolute Gasteiger partial charge is 0.350 e. The predicted octanol–water partition coefficient (Wildman–Crippen LogP) is 1.84. The fraction of sp³-hybridized carbons (Fsp3) is 0.348. The molecule has 33 heavy (non-hydrogen) atoms. The van der Waals surface area contributed by atoms with Crippen LogP contribution in [0.2, 0.25) is 0 Å². The zero-order valence-corrected chi connectivity index (χ0v) is 19.7. The molecule has 0 unspecified atom stereocenters. The number of nitrogens with zero attached hydrogens (tertiary/aromatic N) is 5. The molecule has 4 rings (SSSR count). The number of amides is 1. The summed E-state index contributed by atoms with van der Waals surface area (Å²) >= 11 is 0. The topological polar surface area (TPSA) is 97.5 Å². The van der Waals surface area contributed by atoms with Crippen molar-refractivity contribution in [3.05, 3.63) is 76.5 Å². The van der Waals surface area contributed by atoms with E-state index in [1.807, 2.05) is 30.3 Å². The second-order valence-electron chi connectivity index (χ2n) is 8.31. The summed E-state index contributed by atoms with van der Waals surface area (Å²) in [6.07, 6.45) is 1.37. The highest BCUT2D eigenvalue weighted by molar-refractivity contribution is 7.89. The highest BCUT2D eigenvalue weighted by atomic mass is 32.2. The van der Waals surface area contributed by atoms with Gasteiger partial charge in [0.1, 0.15) is 5.82 Å². The van der Waals surface area contributed by atoms with Crippen molar-refractivity contribution >= 4 is 15.9 Å². The monoisotopic (exact) mass is 469 g/mol. The van der Waals surface area contributed by atoms with Crippen LogP contribution >= 0.6 is 0 Å². The second-order valence-corrected chi connectivity index (χ2v) is 10.5. The van der Waals surface area contributed by atoms with Crippen LogP contribution in [0.4, 0.5) is 0 Å². The molecule has 2 heterocycles. The number of sulfonamides is 1. The van der Waals surface area contributed by atoms with Crippen LogP contribution in [0.25, 0.3) is 5.69 Å². The van der Waals surface area contributed by atoms with Gasteiger partial charge in [0.15, 0.2) is 0 Å². The van der Waals surface area contributed by atoms with Crippen LogP contribution in [-0.2, 0) is 17.1 Å². The van der Waals surface area contributed by atoms with Crippen LogP contribution in [0.5, 0.6) is 0 Å². The number of likely N-dealkylation sites (tertiary alicyclic amines) is 1. The Morgan fingerprint density at radius 3 is 2.18 bits per heavy atom. The molecule has 3 aromatic rings. The number of carbonyl (C=O) groups is 1. The molecular weight excluding hydrogens is 442 g/mol. The van der Waals surface area contributed by atoms with Gasteiger partial charge >= 0.3 is 5.69 Å². The molecule has 1 saturated heterocycles. The molecule has 0 radical (unpaired) electrons. The Balaban J connectivity index is 1.49. The van der Waals surface area contributed by atoms with Gasteiger partial charge < -0.3 is 4.90 Å². The predicted molar refractivity (Wildman–Crippen MR) is 124 cm³/mol. The third-order valence-corrected chi connectivity index (χ3v) is 7.82. The molecule has 9 nitrogen and oxygen atoms in total. The summed E-state index contributed by atoms with van der Waals surface area (Å²) in [5.74, 6) is 0.624. The number of rotatable bonds is 5. The molecule has 0 N–H and O–H groups in total. The zero-order chi connectivity index (χ0) is 23.8. The second kappa shape index (κ2) is 8.95. The van der Waals surface area contributed by atoms with Gasteiger partial charge in [-0.2, -0.15) is 5.10 Å². The number of hydrogen-bond acceptors (Lipinski definition) is 5. The Hall–Kier alpha value is -3.24. The highest BCUT2D eigenvalue weighted by Crippen LogP contribution is 2.28. The number of aryl methyl sites for hydroxylation is 1. The van der Waals surface area contributed by atoms with Crippen molar-refractivity contribution in [1.29, 1.82) is 0 Å². The molecule has 0 bridgehead atoms. The van der Waals surface area contributed by atoms with E-state index in [-0.39, 0.29) is 22.4 Å². The van der Waals surface area contributed by atoms with Crippen molar-refractivity contribution in [2.75, 3.05) is 27.2 Å². The van der Waals surface area contributed by atoms with Gasteiger partial charge in [0.25, 0.3) is 5.91 Å². The average molecular weight is 470 g/mol. The van der Waals surface area contributed by atoms with Crippen LogP contribution in [0.15, 0.2) is 64.3 Å². The van der Waals surface area contributed by atoms with Crippen molar-refractivity contribution in [1.82, 2.24) is 23.6 Å². The first-order valence-corrected chi connectivity index (χ1v) is 12.2. The average Bonchev–Trinajstić information content (AvgIpc) is 3.13. The molecule has 1 amide bonds. The lowest BCUT2D eigenvalue weighted by atomic mass is 9.95. The highest BCUT2D eigenvalue weighted by Gasteiger charge is 2.29. The first-order chi connectivity index (χ1) is 15.7. The van der Waals surface area contributed by atoms with Crippen LogP contribution in [0, 0.1) is 0 Å². The third-order valence-electron chi connectivity index (χ3n) is 5.99. The first-order valence-electron chi connectivity index (χ1n) is 10.7. The number of para-hydroxylation sites is 1. The van der Waals surface area contributed by atoms with E-state index in [4.69, 9.17) is 0 Å². The van der Waals surface area contributed by atoms with Gasteiger partial charge in [-0.25, -0.2) is 26.8 Å². The molecule has 1 fully saturated rings. The standard InChI is InChI=1S/C23H27N5O4S/c1-25(2)33(31,32)20-11-9-18(10-12-20)22(29)27-15-13-17(14-16-27)21-24-26(3)23(30)28(21)19-7-5-4-6-8-19/h4-12,17H,13-16H2,1-3H3. The van der Waals surface area contributed by atoms with Crippen LogP contribution in [-0.4, -0.2) is 65.1 Å². The summed E-state index contributed by atoms with van der Waals surface area (Å²) in [4.78, 5) is 27.6. The Morgan fingerprint density at radius 1 is 1.00 bits per heavy atom. The van der Waals surface area contributed by atoms with Crippen molar-refractivity contribution in [2.45, 2.75) is 23.7 Å². The summed E-state index contributed by atoms with van der Waals surface area (Å²) < 4.78 is 28.6. The van der Waals surface area contributed by atoms with Gasteiger partial charge in [-0.05, 0) is 49.2 Å². The Kier molecular flexibility index (Phi) is 6.22. The number of aromatic nitrogens is 3. The van der Waals surface area contributed by atoms with E-state index in [0.717, 1.165) is 9.99 Å². The number of piperidine rings is 1. The van der Waals surface area contributed by atoms with E-state index in [1.54, 1.807) is 28.6 Å². The van der Waals surface area contributed by atoms with Crippen LogP contribution in [0.1, 0.15) is 34.9 Å². The Morgan fingerprint density at radius 2 is 1.61 bits per heavy atom. The van der Waals surface area contributed by atoms with E-state index in [2.05, 4.69) is 5.10 Å². The minimum absolute atomic E-state index is 0.0516. The molecule has 0 aliphatic carbocycles. The van der Waals surface area contributed by atoms with Gasteiger partial charge in [-0.1, -0.05) is 18.2 Å². The minimum Gasteiger partial charge on any atom is -0.339 e. The number of benzene rings is 2. The lowest BCUT2D eigenvalue weighted by Gasteiger charge is -2.31. The first kappa shape index (κ1) is 22.9. The maximum atomic E-state index is 13.0. The normalized spacial score (nSPS) is 15.2. The van der Waals surface area contributed by atoms with Gasteiger partial charge in [0.2, 0.25) is 10.0 Å². The van der Waals surface area contributed by atoms with E-state index in [9.17, 15) is 18.0 Å². The van der Waals surface area contributed by atoms with Crippen LogP contribution in [0.3, 0.4) is 0 Å². The summed E-state index contributed by atoms with van der Waals surface area (Å²) in [6, 6.07) is 15.5. The molecule has 0 saturated carbocycles. The molecule has 1 aliphatic heterocycles. The minimum atomic E-state index is -3.54. The van der Waals surface area contributed by atoms with Crippen molar-refractivity contribution in [3.8, 4) is 5.69 Å². The summed E-state index contributed by atoms with van der Waals surface area (Å²) in [7, 11) is 1.04. The molecule has 10 heteroatoms. The fourth-order valence-corrected chi connectivity index (χ4v) is 4.97. The van der Waals surface area contributed by atoms with Gasteiger partial charge in [-0.15, -0.1) is 0 Å². The summed E-state index contributed by atoms with van der Waals surface area (Å²) in [6.45, 7) is 1.06. The lowest BCUT2D eigenvalue weighted by molar-refractivity contribution is 0.0710. The van der Waals surface area contributed by atoms with E-state index < -0.39 is 10.0 Å². The maximum Gasteiger partial charge on any atom is 0.350 e. The van der Waals surface area contributed by atoms with Gasteiger partial charge in [0, 0.05) is 45.7 Å². The summed E-state index contributed by atoms with van der Waals surface area (Å²) in [5.41, 5.74) is 1.03. The van der Waals surface area contributed by atoms with Crippen molar-refractivity contribution in [2.24, 2.45) is 7.05 Å². The molecule has 0 atom stereocenters. The van der Waals surface area contributed by atoms with E-state index in [1.165, 1.54) is 30.9 Å². The SMILES string of the molecule is CN(C)S(=O)(=O)c1ccc(C(=O)N2CCC(c3nn(C)c(=O)n3-c3ccccc3)CC2)cc1. The van der Waals surface area contributed by atoms with Crippen LogP contribution < -0.4 is 5.69 Å². The molecule has 0 spiro atoms. The van der Waals surface area contributed by atoms with Gasteiger partial charge in [-0.3, -0.25) is 4.79 Å². The molecular formula is C23H27N5O4S. The third kappa shape index (κ3) is 4.36. The quantitative estimate of drug-likeness (QED) is 0.568. The van der Waals surface area contributed by atoms with Crippen molar-refractivity contribution in [3.63, 3.8) is 0 Å². The summed E-state index contributed by atoms with van der Waals surface area (Å²) in [5, 5.41) is 4.49. The fourth-order valence-electron chi connectivity index (χ4n) is 4.07. The number of hydrogen-bond donors (Lipinski definition) is 0. The maximum absolute atomic E-state index is 13.0. The molecule has 1 aliphatic rings. The van der Waals surface area contributed by atoms with Gasteiger partial charge in [0.05, 0.1) is 10.6 Å². The number of carbonyl (C=O) groups excluding carboxylic acids is 1. The Bertz CT molecular complexity index is 1300. The molecule has 2 aromatic carbocycles. The molecule has 174 valence electrons. The molecule has 1 aromatic heterocycles. The zero-order valence-electron chi connectivity index (χ0n) is 18.9. The van der Waals surface area contributed by atoms with E-state index in [0.29, 0.717) is 37.3 Å². The lowest BCUT2D eigenvalue weighted by Crippen LogP contribution is -2.38.